The molecule has 0 aromatic carbocycles. The topological polar surface area (TPSA) is 18.5 Å². The van der Waals surface area contributed by atoms with Crippen LogP contribution in [-0.4, -0.2) is 20.3 Å². The number of hydrogen-bond donors (Lipinski definition) is 0. The van der Waals surface area contributed by atoms with Crippen LogP contribution < -0.4 is 0 Å². The van der Waals surface area contributed by atoms with E-state index in [1.54, 1.807) is 0 Å². The molecule has 84 valence electrons. The van der Waals surface area contributed by atoms with Gasteiger partial charge in [-0.25, -0.2) is 0 Å². The molecule has 0 atom stereocenters. The molecule has 1 saturated carbocycles. The van der Waals surface area contributed by atoms with Crippen molar-refractivity contribution >= 4 is 7.12 Å². The van der Waals surface area contributed by atoms with Gasteiger partial charge < -0.3 is 9.31 Å². The Labute approximate surface area is 93.2 Å². The summed E-state index contributed by atoms with van der Waals surface area (Å²) in [4.78, 5) is 0. The third-order valence-electron chi connectivity index (χ3n) is 2.75. The molecule has 15 heavy (non-hydrogen) atoms. The Bertz CT molecular complexity index is 245. The summed E-state index contributed by atoms with van der Waals surface area (Å²) in [5.74, 6) is 0.729. The highest BCUT2D eigenvalue weighted by Gasteiger charge is 2.38. The SMILES string of the molecule is CC(C)(C)/C=C(\B1OCCCO1)C1CC1. The first-order chi connectivity index (χ1) is 7.06. The molecule has 3 heteroatoms. The average molecular weight is 208 g/mol. The summed E-state index contributed by atoms with van der Waals surface area (Å²) in [7, 11) is -0.0505. The first-order valence-electron chi connectivity index (χ1n) is 6.02. The van der Waals surface area contributed by atoms with Crippen LogP contribution in [0.25, 0.3) is 0 Å². The lowest BCUT2D eigenvalue weighted by molar-refractivity contribution is 0.139. The molecule has 2 nitrogen and oxygen atoms in total. The number of hydrogen-bond acceptors (Lipinski definition) is 2. The largest absolute Gasteiger partial charge is 0.489 e. The Kier molecular flexibility index (Phi) is 3.22. The maximum Gasteiger partial charge on any atom is 0.489 e. The summed E-state index contributed by atoms with van der Waals surface area (Å²) < 4.78 is 11.4. The van der Waals surface area contributed by atoms with Gasteiger partial charge in [0.15, 0.2) is 0 Å². The van der Waals surface area contributed by atoms with Gasteiger partial charge in [0.05, 0.1) is 0 Å². The first-order valence-corrected chi connectivity index (χ1v) is 6.02. The zero-order chi connectivity index (χ0) is 10.9. The smallest absolute Gasteiger partial charge is 0.407 e. The van der Waals surface area contributed by atoms with E-state index in [-0.39, 0.29) is 12.5 Å². The maximum absolute atomic E-state index is 5.70. The van der Waals surface area contributed by atoms with Crippen molar-refractivity contribution < 1.29 is 9.31 Å². The summed E-state index contributed by atoms with van der Waals surface area (Å²) >= 11 is 0. The van der Waals surface area contributed by atoms with Gasteiger partial charge in [0.2, 0.25) is 0 Å². The zero-order valence-electron chi connectivity index (χ0n) is 10.1. The van der Waals surface area contributed by atoms with Crippen LogP contribution in [0.3, 0.4) is 0 Å². The quantitative estimate of drug-likeness (QED) is 0.649. The van der Waals surface area contributed by atoms with Gasteiger partial charge in [-0.3, -0.25) is 0 Å². The number of rotatable bonds is 2. The Morgan fingerprint density at radius 1 is 1.20 bits per heavy atom. The van der Waals surface area contributed by atoms with Crippen molar-refractivity contribution in [2.24, 2.45) is 11.3 Å². The van der Waals surface area contributed by atoms with Gasteiger partial charge in [0.1, 0.15) is 0 Å². The lowest BCUT2D eigenvalue weighted by atomic mass is 9.71. The van der Waals surface area contributed by atoms with Crippen LogP contribution in [0.15, 0.2) is 11.5 Å². The van der Waals surface area contributed by atoms with Crippen LogP contribution in [0.5, 0.6) is 0 Å². The third-order valence-corrected chi connectivity index (χ3v) is 2.75. The van der Waals surface area contributed by atoms with Gasteiger partial charge in [-0.2, -0.15) is 0 Å². The predicted octanol–water partition coefficient (Wildman–Crippen LogP) is 2.83. The second-order valence-electron chi connectivity index (χ2n) is 5.71. The molecule has 1 aliphatic carbocycles. The molecule has 2 rings (SSSR count). The van der Waals surface area contributed by atoms with Crippen LogP contribution >= 0.6 is 0 Å². The standard InChI is InChI=1S/C12H21BO2/c1-12(2,3)9-11(10-5-6-10)13-14-7-4-8-15-13/h9-10H,4-8H2,1-3H3/b11-9-. The molecule has 0 unspecified atom stereocenters. The van der Waals surface area contributed by atoms with Gasteiger partial charge in [0.25, 0.3) is 0 Å². The molecule has 0 amide bonds. The highest BCUT2D eigenvalue weighted by Crippen LogP contribution is 2.40. The fourth-order valence-electron chi connectivity index (χ4n) is 1.98. The highest BCUT2D eigenvalue weighted by molar-refractivity contribution is 6.54. The molecule has 1 heterocycles. The number of allylic oxidation sites excluding steroid dienone is 2. The summed E-state index contributed by atoms with van der Waals surface area (Å²) in [5.41, 5.74) is 1.62. The minimum atomic E-state index is -0.0505. The van der Waals surface area contributed by atoms with E-state index in [1.165, 1.54) is 18.3 Å². The van der Waals surface area contributed by atoms with E-state index in [2.05, 4.69) is 26.8 Å². The maximum atomic E-state index is 5.70. The van der Waals surface area contributed by atoms with E-state index in [4.69, 9.17) is 9.31 Å². The van der Waals surface area contributed by atoms with Gasteiger partial charge in [-0.05, 0) is 36.1 Å². The molecular weight excluding hydrogens is 187 g/mol. The van der Waals surface area contributed by atoms with E-state index < -0.39 is 0 Å². The zero-order valence-corrected chi connectivity index (χ0v) is 10.1. The lowest BCUT2D eigenvalue weighted by Gasteiger charge is -2.24. The van der Waals surface area contributed by atoms with Crippen molar-refractivity contribution in [3.05, 3.63) is 11.5 Å². The van der Waals surface area contributed by atoms with E-state index in [9.17, 15) is 0 Å². The molecule has 0 aromatic heterocycles. The summed E-state index contributed by atoms with van der Waals surface area (Å²) in [6, 6.07) is 0. The fraction of sp³-hybridized carbons (Fsp3) is 0.833. The van der Waals surface area contributed by atoms with Crippen molar-refractivity contribution in [2.45, 2.75) is 40.0 Å². The van der Waals surface area contributed by atoms with Crippen molar-refractivity contribution in [2.75, 3.05) is 13.2 Å². The van der Waals surface area contributed by atoms with Crippen LogP contribution in [-0.2, 0) is 9.31 Å². The molecule has 0 radical (unpaired) electrons. The monoisotopic (exact) mass is 208 g/mol. The van der Waals surface area contributed by atoms with Crippen molar-refractivity contribution in [3.63, 3.8) is 0 Å². The van der Waals surface area contributed by atoms with Crippen LogP contribution in [0.4, 0.5) is 0 Å². The molecule has 0 spiro atoms. The first kappa shape index (κ1) is 11.2. The molecule has 1 saturated heterocycles. The van der Waals surface area contributed by atoms with Crippen molar-refractivity contribution in [3.8, 4) is 0 Å². The summed E-state index contributed by atoms with van der Waals surface area (Å²) in [6.07, 6.45) is 6.00. The van der Waals surface area contributed by atoms with Gasteiger partial charge >= 0.3 is 7.12 Å². The molecule has 0 bridgehead atoms. The van der Waals surface area contributed by atoms with Gasteiger partial charge in [-0.15, -0.1) is 0 Å². The molecule has 0 aromatic rings. The van der Waals surface area contributed by atoms with Crippen LogP contribution in [0.2, 0.25) is 0 Å². The lowest BCUT2D eigenvalue weighted by Crippen LogP contribution is -2.33. The van der Waals surface area contributed by atoms with Crippen molar-refractivity contribution in [1.82, 2.24) is 0 Å². The Morgan fingerprint density at radius 3 is 2.27 bits per heavy atom. The van der Waals surface area contributed by atoms with Crippen LogP contribution in [0.1, 0.15) is 40.0 Å². The minimum absolute atomic E-state index is 0.0505. The highest BCUT2D eigenvalue weighted by atomic mass is 16.6. The molecule has 0 N–H and O–H groups in total. The molecule has 2 aliphatic rings. The van der Waals surface area contributed by atoms with E-state index in [0.717, 1.165) is 25.6 Å². The Hall–Kier alpha value is -0.275. The second-order valence-corrected chi connectivity index (χ2v) is 5.71. The fourth-order valence-corrected chi connectivity index (χ4v) is 1.98. The van der Waals surface area contributed by atoms with Crippen LogP contribution in [0, 0.1) is 11.3 Å². The van der Waals surface area contributed by atoms with E-state index >= 15 is 0 Å². The predicted molar refractivity (Wildman–Crippen MR) is 62.5 cm³/mol. The summed E-state index contributed by atoms with van der Waals surface area (Å²) in [6.45, 7) is 8.40. The van der Waals surface area contributed by atoms with Crippen molar-refractivity contribution in [1.29, 1.82) is 0 Å². The normalized spacial score (nSPS) is 24.5. The van der Waals surface area contributed by atoms with E-state index in [0.29, 0.717) is 0 Å². The molecule has 2 fully saturated rings. The van der Waals surface area contributed by atoms with E-state index in [1.807, 2.05) is 0 Å². The Morgan fingerprint density at radius 2 is 1.80 bits per heavy atom. The average Bonchev–Trinajstić information content (AvgIpc) is 2.97. The Balaban J connectivity index is 2.08. The third kappa shape index (κ3) is 3.35. The second kappa shape index (κ2) is 4.30. The van der Waals surface area contributed by atoms with Gasteiger partial charge in [-0.1, -0.05) is 26.8 Å². The van der Waals surface area contributed by atoms with Gasteiger partial charge in [0, 0.05) is 13.2 Å². The molecule has 1 aliphatic heterocycles. The minimum Gasteiger partial charge on any atom is -0.407 e. The summed E-state index contributed by atoms with van der Waals surface area (Å²) in [5, 5.41) is 0. The molecular formula is C12H21BO2.